The van der Waals surface area contributed by atoms with E-state index in [-0.39, 0.29) is 0 Å². The summed E-state index contributed by atoms with van der Waals surface area (Å²) in [5.41, 5.74) is -1.99. The summed E-state index contributed by atoms with van der Waals surface area (Å²) in [6.45, 7) is 7.37. The van der Waals surface area contributed by atoms with E-state index in [1.807, 2.05) is 6.92 Å². The molecule has 0 spiro atoms. The largest absolute Gasteiger partial charge is 0.465 e. The van der Waals surface area contributed by atoms with Crippen molar-refractivity contribution in [3.05, 3.63) is 24.4 Å². The molecule has 1 heterocycles. The monoisotopic (exact) mass is 337 g/mol. The SMILES string of the molecule is CCCCC(NC(=O)O)([C@@H](O)C(=O)Nc1ccccn1)C(C)(C)C. The van der Waals surface area contributed by atoms with Crippen LogP contribution < -0.4 is 10.6 Å². The van der Waals surface area contributed by atoms with Crippen molar-refractivity contribution in [2.24, 2.45) is 5.41 Å². The number of carbonyl (C=O) groups is 2. The fourth-order valence-corrected chi connectivity index (χ4v) is 2.74. The van der Waals surface area contributed by atoms with Crippen LogP contribution in [-0.2, 0) is 4.79 Å². The van der Waals surface area contributed by atoms with Crippen LogP contribution in [-0.4, -0.2) is 38.8 Å². The lowest BCUT2D eigenvalue weighted by atomic mass is 9.67. The van der Waals surface area contributed by atoms with E-state index in [1.165, 1.54) is 6.20 Å². The minimum absolute atomic E-state index is 0.301. The zero-order valence-corrected chi connectivity index (χ0v) is 14.7. The van der Waals surface area contributed by atoms with E-state index in [4.69, 9.17) is 0 Å². The molecule has 2 amide bonds. The van der Waals surface area contributed by atoms with Crippen LogP contribution in [0.5, 0.6) is 0 Å². The zero-order valence-electron chi connectivity index (χ0n) is 14.7. The van der Waals surface area contributed by atoms with Crippen LogP contribution in [0.25, 0.3) is 0 Å². The van der Waals surface area contributed by atoms with Crippen LogP contribution in [0.3, 0.4) is 0 Å². The van der Waals surface area contributed by atoms with Gasteiger partial charge in [0.1, 0.15) is 5.82 Å². The number of nitrogens with zero attached hydrogens (tertiary/aromatic N) is 1. The Morgan fingerprint density at radius 1 is 1.29 bits per heavy atom. The molecule has 7 heteroatoms. The summed E-state index contributed by atoms with van der Waals surface area (Å²) in [6.07, 6.45) is 0.522. The number of hydrogen-bond donors (Lipinski definition) is 4. The van der Waals surface area contributed by atoms with E-state index in [2.05, 4.69) is 15.6 Å². The minimum Gasteiger partial charge on any atom is -0.465 e. The standard InChI is InChI=1S/C17H27N3O4/c1-5-6-10-17(16(2,3)4,20-15(23)24)13(21)14(22)19-12-9-7-8-11-18-12/h7-9,11,13,20-21H,5-6,10H2,1-4H3,(H,23,24)(H,18,19,22)/t13-,17?/m0/s1. The van der Waals surface area contributed by atoms with E-state index < -0.39 is 29.1 Å². The second kappa shape index (κ2) is 8.10. The van der Waals surface area contributed by atoms with Crippen LogP contribution >= 0.6 is 0 Å². The van der Waals surface area contributed by atoms with Crippen LogP contribution in [0.1, 0.15) is 47.0 Å². The van der Waals surface area contributed by atoms with Gasteiger partial charge in [-0.3, -0.25) is 4.79 Å². The number of aliphatic hydroxyl groups excluding tert-OH is 1. The molecule has 0 aliphatic rings. The van der Waals surface area contributed by atoms with Crippen molar-refractivity contribution in [2.45, 2.75) is 58.6 Å². The van der Waals surface area contributed by atoms with Crippen molar-refractivity contribution < 1.29 is 19.8 Å². The van der Waals surface area contributed by atoms with Gasteiger partial charge in [0.25, 0.3) is 5.91 Å². The summed E-state index contributed by atoms with van der Waals surface area (Å²) in [5, 5.41) is 25.0. The number of rotatable bonds is 7. The average Bonchev–Trinajstić information content (AvgIpc) is 2.50. The van der Waals surface area contributed by atoms with Gasteiger partial charge in [-0.05, 0) is 24.0 Å². The number of carbonyl (C=O) groups excluding carboxylic acids is 1. The molecule has 0 saturated heterocycles. The Morgan fingerprint density at radius 3 is 2.42 bits per heavy atom. The summed E-state index contributed by atoms with van der Waals surface area (Å²) in [4.78, 5) is 27.8. The van der Waals surface area contributed by atoms with Crippen molar-refractivity contribution >= 4 is 17.8 Å². The summed E-state index contributed by atoms with van der Waals surface area (Å²) in [6, 6.07) is 5.01. The quantitative estimate of drug-likeness (QED) is 0.611. The van der Waals surface area contributed by atoms with Crippen LogP contribution in [0.2, 0.25) is 0 Å². The third-order valence-corrected chi connectivity index (χ3v) is 4.22. The van der Waals surface area contributed by atoms with Gasteiger partial charge in [0.05, 0.1) is 5.54 Å². The van der Waals surface area contributed by atoms with E-state index in [0.717, 1.165) is 6.42 Å². The molecule has 24 heavy (non-hydrogen) atoms. The fourth-order valence-electron chi connectivity index (χ4n) is 2.74. The summed E-state index contributed by atoms with van der Waals surface area (Å²) < 4.78 is 0. The highest BCUT2D eigenvalue weighted by Gasteiger charge is 2.51. The van der Waals surface area contributed by atoms with Crippen molar-refractivity contribution in [3.8, 4) is 0 Å². The topological polar surface area (TPSA) is 112 Å². The smallest absolute Gasteiger partial charge is 0.405 e. The van der Waals surface area contributed by atoms with Crippen molar-refractivity contribution in [1.29, 1.82) is 0 Å². The Kier molecular flexibility index (Phi) is 6.71. The molecule has 7 nitrogen and oxygen atoms in total. The van der Waals surface area contributed by atoms with Crippen molar-refractivity contribution in [3.63, 3.8) is 0 Å². The van der Waals surface area contributed by atoms with Crippen LogP contribution in [0.15, 0.2) is 24.4 Å². The number of aromatic nitrogens is 1. The Hall–Kier alpha value is -2.15. The number of aliphatic hydroxyl groups is 1. The highest BCUT2D eigenvalue weighted by Crippen LogP contribution is 2.38. The van der Waals surface area contributed by atoms with Gasteiger partial charge in [0.15, 0.2) is 6.10 Å². The molecule has 4 N–H and O–H groups in total. The zero-order chi connectivity index (χ0) is 18.4. The lowest BCUT2D eigenvalue weighted by Crippen LogP contribution is -2.66. The first kappa shape index (κ1) is 19.9. The maximum atomic E-state index is 12.5. The number of unbranched alkanes of at least 4 members (excludes halogenated alkanes) is 1. The molecular weight excluding hydrogens is 310 g/mol. The molecule has 1 unspecified atom stereocenters. The van der Waals surface area contributed by atoms with E-state index in [0.29, 0.717) is 18.7 Å². The van der Waals surface area contributed by atoms with E-state index in [1.54, 1.807) is 39.0 Å². The van der Waals surface area contributed by atoms with E-state index >= 15 is 0 Å². The third-order valence-electron chi connectivity index (χ3n) is 4.22. The highest BCUT2D eigenvalue weighted by molar-refractivity contribution is 5.94. The maximum Gasteiger partial charge on any atom is 0.405 e. The normalized spacial score (nSPS) is 15.2. The molecular formula is C17H27N3O4. The molecule has 1 aromatic rings. The summed E-state index contributed by atoms with van der Waals surface area (Å²) in [5.74, 6) is -0.386. The van der Waals surface area contributed by atoms with Gasteiger partial charge in [0, 0.05) is 6.20 Å². The molecule has 0 aliphatic carbocycles. The number of nitrogens with one attached hydrogen (secondary N) is 2. The second-order valence-electron chi connectivity index (χ2n) is 6.86. The van der Waals surface area contributed by atoms with Gasteiger partial charge in [-0.1, -0.05) is 46.6 Å². The average molecular weight is 337 g/mol. The van der Waals surface area contributed by atoms with Gasteiger partial charge < -0.3 is 20.8 Å². The number of amides is 2. The van der Waals surface area contributed by atoms with Crippen molar-refractivity contribution in [2.75, 3.05) is 5.32 Å². The lowest BCUT2D eigenvalue weighted by molar-refractivity contribution is -0.132. The Morgan fingerprint density at radius 2 is 1.96 bits per heavy atom. The van der Waals surface area contributed by atoms with Gasteiger partial charge in [-0.2, -0.15) is 0 Å². The predicted molar refractivity (Wildman–Crippen MR) is 91.7 cm³/mol. The molecule has 134 valence electrons. The Balaban J connectivity index is 3.14. The number of hydrogen-bond acceptors (Lipinski definition) is 4. The maximum absolute atomic E-state index is 12.5. The molecule has 1 aromatic heterocycles. The molecule has 0 fully saturated rings. The summed E-state index contributed by atoms with van der Waals surface area (Å²) >= 11 is 0. The molecule has 2 atom stereocenters. The molecule has 0 radical (unpaired) electrons. The van der Waals surface area contributed by atoms with Crippen LogP contribution in [0.4, 0.5) is 10.6 Å². The first-order valence-electron chi connectivity index (χ1n) is 8.05. The first-order chi connectivity index (χ1) is 11.1. The van der Waals surface area contributed by atoms with Gasteiger partial charge in [0.2, 0.25) is 0 Å². The number of pyridine rings is 1. The Labute approximate surface area is 142 Å². The third kappa shape index (κ3) is 4.67. The summed E-state index contributed by atoms with van der Waals surface area (Å²) in [7, 11) is 0. The molecule has 0 aliphatic heterocycles. The fraction of sp³-hybridized carbons (Fsp3) is 0.588. The van der Waals surface area contributed by atoms with Crippen LogP contribution in [0, 0.1) is 5.41 Å². The number of carboxylic acid groups (broad SMARTS) is 1. The van der Waals surface area contributed by atoms with Gasteiger partial charge in [-0.25, -0.2) is 9.78 Å². The molecule has 0 aromatic carbocycles. The Bertz CT molecular complexity index is 557. The molecule has 0 saturated carbocycles. The molecule has 1 rings (SSSR count). The van der Waals surface area contributed by atoms with Crippen molar-refractivity contribution in [1.82, 2.24) is 10.3 Å². The molecule has 0 bridgehead atoms. The van der Waals surface area contributed by atoms with E-state index in [9.17, 15) is 19.8 Å². The highest BCUT2D eigenvalue weighted by atomic mass is 16.4. The predicted octanol–water partition coefficient (Wildman–Crippen LogP) is 2.62. The van der Waals surface area contributed by atoms with Gasteiger partial charge in [-0.15, -0.1) is 0 Å². The second-order valence-corrected chi connectivity index (χ2v) is 6.86. The minimum atomic E-state index is -1.55. The lowest BCUT2D eigenvalue weighted by Gasteiger charge is -2.47. The number of anilines is 1. The van der Waals surface area contributed by atoms with Gasteiger partial charge >= 0.3 is 6.09 Å². The first-order valence-corrected chi connectivity index (χ1v) is 8.05.